The summed E-state index contributed by atoms with van der Waals surface area (Å²) < 4.78 is 8.36. The Bertz CT molecular complexity index is 943. The zero-order chi connectivity index (χ0) is 18.8. The number of hydrogen-bond donors (Lipinski definition) is 1. The van der Waals surface area contributed by atoms with Crippen molar-refractivity contribution in [3.8, 4) is 5.75 Å². The Balaban J connectivity index is 1.37. The van der Waals surface area contributed by atoms with Gasteiger partial charge in [-0.2, -0.15) is 5.10 Å². The smallest absolute Gasteiger partial charge is 0.271 e. The first-order valence-electron chi connectivity index (χ1n) is 9.21. The summed E-state index contributed by atoms with van der Waals surface area (Å²) in [6, 6.07) is 7.95. The van der Waals surface area contributed by atoms with E-state index in [1.165, 1.54) is 0 Å². The molecule has 0 saturated carbocycles. The summed E-state index contributed by atoms with van der Waals surface area (Å²) in [6.45, 7) is 4.41. The van der Waals surface area contributed by atoms with Gasteiger partial charge in [-0.05, 0) is 44.0 Å². The molecule has 0 aliphatic carbocycles. The Kier molecular flexibility index (Phi) is 4.98. The number of piperidine rings is 1. The Labute approximate surface area is 162 Å². The van der Waals surface area contributed by atoms with Gasteiger partial charge in [0.2, 0.25) is 0 Å². The molecule has 1 aromatic carbocycles. The van der Waals surface area contributed by atoms with Gasteiger partial charge in [0.25, 0.3) is 5.91 Å². The molecule has 1 saturated heterocycles. The van der Waals surface area contributed by atoms with Gasteiger partial charge < -0.3 is 15.0 Å². The molecule has 0 radical (unpaired) electrons. The van der Waals surface area contributed by atoms with E-state index in [2.05, 4.69) is 21.4 Å². The Hall–Kier alpha value is -2.61. The van der Waals surface area contributed by atoms with E-state index in [4.69, 9.17) is 9.72 Å². The van der Waals surface area contributed by atoms with E-state index in [0.29, 0.717) is 12.3 Å². The van der Waals surface area contributed by atoms with Gasteiger partial charge in [0.05, 0.1) is 16.8 Å². The number of nitrogens with zero attached hydrogens (tertiary/aromatic N) is 4. The number of amides is 1. The highest BCUT2D eigenvalue weighted by Crippen LogP contribution is 2.32. The number of fused-ring (bicyclic) bond motifs is 1. The normalized spacial score (nSPS) is 15.3. The molecular formula is C19H23N5O2S. The summed E-state index contributed by atoms with van der Waals surface area (Å²) in [5.74, 6) is 0.786. The quantitative estimate of drug-likeness (QED) is 0.731. The molecule has 2 aromatic heterocycles. The minimum absolute atomic E-state index is 0.0995. The largest absolute Gasteiger partial charge is 0.494 e. The molecule has 142 valence electrons. The van der Waals surface area contributed by atoms with Crippen molar-refractivity contribution in [3.63, 3.8) is 0 Å². The molecular weight excluding hydrogens is 362 g/mol. The molecule has 1 amide bonds. The maximum atomic E-state index is 12.3. The maximum Gasteiger partial charge on any atom is 0.271 e. The molecule has 7 nitrogen and oxygen atoms in total. The van der Waals surface area contributed by atoms with E-state index in [9.17, 15) is 4.79 Å². The maximum absolute atomic E-state index is 12.3. The molecule has 1 aliphatic heterocycles. The number of hydrogen-bond acceptors (Lipinski definition) is 6. The van der Waals surface area contributed by atoms with Crippen LogP contribution in [0.5, 0.6) is 5.75 Å². The summed E-state index contributed by atoms with van der Waals surface area (Å²) in [5.41, 5.74) is 1.47. The number of benzene rings is 1. The predicted octanol–water partition coefficient (Wildman–Crippen LogP) is 2.83. The summed E-state index contributed by atoms with van der Waals surface area (Å²) in [4.78, 5) is 19.3. The Morgan fingerprint density at radius 1 is 1.33 bits per heavy atom. The van der Waals surface area contributed by atoms with E-state index in [1.807, 2.05) is 26.1 Å². The van der Waals surface area contributed by atoms with Crippen molar-refractivity contribution in [2.24, 2.45) is 7.05 Å². The highest BCUT2D eigenvalue weighted by atomic mass is 32.1. The molecule has 1 N–H and O–H groups in total. The van der Waals surface area contributed by atoms with Crippen LogP contribution in [-0.4, -0.2) is 46.4 Å². The van der Waals surface area contributed by atoms with Crippen LogP contribution in [0.2, 0.25) is 0 Å². The fraction of sp³-hybridized carbons (Fsp3) is 0.421. The number of nitrogens with one attached hydrogen (secondary N) is 1. The van der Waals surface area contributed by atoms with E-state index in [1.54, 1.807) is 28.3 Å². The summed E-state index contributed by atoms with van der Waals surface area (Å²) >= 11 is 1.69. The number of anilines is 1. The lowest BCUT2D eigenvalue weighted by molar-refractivity contribution is 0.0925. The number of aromatic nitrogens is 3. The first-order chi connectivity index (χ1) is 13.1. The summed E-state index contributed by atoms with van der Waals surface area (Å²) in [6.07, 6.45) is 3.58. The van der Waals surface area contributed by atoms with Crippen molar-refractivity contribution in [3.05, 3.63) is 36.2 Å². The molecule has 1 aliphatic rings. The van der Waals surface area contributed by atoms with E-state index in [-0.39, 0.29) is 11.9 Å². The highest BCUT2D eigenvalue weighted by molar-refractivity contribution is 7.22. The average molecular weight is 385 g/mol. The van der Waals surface area contributed by atoms with Gasteiger partial charge in [-0.15, -0.1) is 0 Å². The zero-order valence-corrected chi connectivity index (χ0v) is 16.3. The van der Waals surface area contributed by atoms with Crippen molar-refractivity contribution < 1.29 is 9.53 Å². The minimum Gasteiger partial charge on any atom is -0.494 e. The number of thiazole rings is 1. The number of rotatable bonds is 5. The lowest BCUT2D eigenvalue weighted by atomic mass is 10.1. The van der Waals surface area contributed by atoms with Gasteiger partial charge in [-0.25, -0.2) is 4.98 Å². The van der Waals surface area contributed by atoms with Crippen LogP contribution in [0.25, 0.3) is 10.2 Å². The minimum atomic E-state index is -0.0995. The summed E-state index contributed by atoms with van der Waals surface area (Å²) in [7, 11) is 1.81. The van der Waals surface area contributed by atoms with E-state index in [0.717, 1.165) is 47.0 Å². The third kappa shape index (κ3) is 3.90. The molecule has 0 atom stereocenters. The number of ether oxygens (including phenoxy) is 1. The topological polar surface area (TPSA) is 72.3 Å². The lowest BCUT2D eigenvalue weighted by Crippen LogP contribution is -2.44. The molecule has 4 rings (SSSR count). The second-order valence-electron chi connectivity index (χ2n) is 6.67. The monoisotopic (exact) mass is 385 g/mol. The standard InChI is InChI=1S/C19H23N5O2S/c1-3-26-14-4-5-15-17(12-14)27-19(21-15)24-10-6-13(7-11-24)20-18(25)16-8-9-23(2)22-16/h4-5,8-9,12-13H,3,6-7,10-11H2,1-2H3,(H,20,25). The van der Waals surface area contributed by atoms with Crippen LogP contribution in [0.1, 0.15) is 30.3 Å². The number of aryl methyl sites for hydroxylation is 1. The summed E-state index contributed by atoms with van der Waals surface area (Å²) in [5, 5.41) is 8.29. The predicted molar refractivity (Wildman–Crippen MR) is 107 cm³/mol. The molecule has 27 heavy (non-hydrogen) atoms. The number of carbonyl (C=O) groups is 1. The number of carbonyl (C=O) groups excluding carboxylic acids is 1. The highest BCUT2D eigenvalue weighted by Gasteiger charge is 2.23. The third-order valence-electron chi connectivity index (χ3n) is 4.71. The molecule has 0 bridgehead atoms. The van der Waals surface area contributed by atoms with Crippen molar-refractivity contribution in [1.82, 2.24) is 20.1 Å². The Morgan fingerprint density at radius 2 is 2.15 bits per heavy atom. The molecule has 0 spiro atoms. The molecule has 0 unspecified atom stereocenters. The van der Waals surface area contributed by atoms with Crippen LogP contribution in [0.3, 0.4) is 0 Å². The van der Waals surface area contributed by atoms with Crippen LogP contribution < -0.4 is 15.0 Å². The molecule has 1 fully saturated rings. The average Bonchev–Trinajstić information content (AvgIpc) is 3.28. The van der Waals surface area contributed by atoms with Crippen molar-refractivity contribution in [2.45, 2.75) is 25.8 Å². The first-order valence-corrected chi connectivity index (χ1v) is 10.0. The first kappa shape index (κ1) is 17.8. The van der Waals surface area contributed by atoms with Crippen LogP contribution in [0.15, 0.2) is 30.5 Å². The van der Waals surface area contributed by atoms with Crippen LogP contribution in [0.4, 0.5) is 5.13 Å². The molecule has 3 aromatic rings. The zero-order valence-electron chi connectivity index (χ0n) is 15.5. The van der Waals surface area contributed by atoms with Crippen LogP contribution in [0, 0.1) is 0 Å². The van der Waals surface area contributed by atoms with Crippen LogP contribution >= 0.6 is 11.3 Å². The van der Waals surface area contributed by atoms with Gasteiger partial charge in [0, 0.05) is 32.4 Å². The second kappa shape index (κ2) is 7.56. The second-order valence-corrected chi connectivity index (χ2v) is 7.68. The van der Waals surface area contributed by atoms with Crippen molar-refractivity contribution >= 4 is 32.6 Å². The Morgan fingerprint density at radius 3 is 2.85 bits per heavy atom. The van der Waals surface area contributed by atoms with Gasteiger partial charge in [0.15, 0.2) is 5.13 Å². The van der Waals surface area contributed by atoms with Crippen molar-refractivity contribution in [1.29, 1.82) is 0 Å². The SMILES string of the molecule is CCOc1ccc2nc(N3CCC(NC(=O)c4ccn(C)n4)CC3)sc2c1. The van der Waals surface area contributed by atoms with Crippen molar-refractivity contribution in [2.75, 3.05) is 24.6 Å². The lowest BCUT2D eigenvalue weighted by Gasteiger charge is -2.31. The third-order valence-corrected chi connectivity index (χ3v) is 5.79. The van der Waals surface area contributed by atoms with Gasteiger partial charge in [-0.3, -0.25) is 9.48 Å². The van der Waals surface area contributed by atoms with Gasteiger partial charge in [-0.1, -0.05) is 11.3 Å². The van der Waals surface area contributed by atoms with Gasteiger partial charge in [0.1, 0.15) is 11.4 Å². The fourth-order valence-electron chi connectivity index (χ4n) is 3.30. The van der Waals surface area contributed by atoms with Gasteiger partial charge >= 0.3 is 0 Å². The van der Waals surface area contributed by atoms with Crippen LogP contribution in [-0.2, 0) is 7.05 Å². The molecule has 8 heteroatoms. The fourth-order valence-corrected chi connectivity index (χ4v) is 4.34. The van der Waals surface area contributed by atoms with E-state index >= 15 is 0 Å². The molecule has 3 heterocycles. The van der Waals surface area contributed by atoms with E-state index < -0.39 is 0 Å².